The Morgan fingerprint density at radius 3 is 0.748 bits per heavy atom. The van der Waals surface area contributed by atoms with Crippen LogP contribution in [0.3, 0.4) is 0 Å². The molecule has 0 radical (unpaired) electrons. The Balaban J connectivity index is 0.000000397. The lowest BCUT2D eigenvalue weighted by Gasteiger charge is -2.39. The van der Waals surface area contributed by atoms with Crippen LogP contribution in [0.15, 0.2) is 109 Å². The Hall–Kier alpha value is -9.43. The average Bonchev–Trinajstić information content (AvgIpc) is 0.937. The van der Waals surface area contributed by atoms with Gasteiger partial charge in [-0.2, -0.15) is 13.2 Å². The second kappa shape index (κ2) is 49.0. The fourth-order valence-electron chi connectivity index (χ4n) is 15.3. The first kappa shape index (κ1) is 116. The molecule has 0 atom stereocenters. The second-order valence-electron chi connectivity index (χ2n) is 37.5. The van der Waals surface area contributed by atoms with Gasteiger partial charge in [0, 0.05) is 66.0 Å². The van der Waals surface area contributed by atoms with E-state index in [1.807, 2.05) is 202 Å². The molecule has 131 heavy (non-hydrogen) atoms. The molecule has 734 valence electrons. The van der Waals surface area contributed by atoms with Crippen LogP contribution in [0.4, 0.5) is 47.3 Å². The van der Waals surface area contributed by atoms with Gasteiger partial charge in [-0.1, -0.05) is 127 Å². The van der Waals surface area contributed by atoms with Crippen LogP contribution in [0.25, 0.3) is 0 Å². The summed E-state index contributed by atoms with van der Waals surface area (Å²) in [6, 6.07) is 35.7. The number of aliphatic hydroxyl groups excluding tert-OH is 2. The Labute approximate surface area is 784 Å². The molecule has 6 aliphatic heterocycles. The predicted molar refractivity (Wildman–Crippen MR) is 527 cm³/mol. The quantitative estimate of drug-likeness (QED) is 0.0507. The van der Waals surface area contributed by atoms with Gasteiger partial charge in [-0.3, -0.25) is 28.8 Å². The van der Waals surface area contributed by atoms with Crippen LogP contribution in [0, 0.1) is 53.4 Å². The van der Waals surface area contributed by atoms with Crippen LogP contribution in [0.1, 0.15) is 285 Å². The van der Waals surface area contributed by atoms with E-state index < -0.39 is 39.8 Å². The number of nitrogens with zero attached hydrogens (tertiary/aromatic N) is 6. The molecule has 2 N–H and O–H groups in total. The zero-order valence-corrected chi connectivity index (χ0v) is 76.7. The Bertz CT molecular complexity index is 4510. The maximum absolute atomic E-state index is 12.7. The first-order chi connectivity index (χ1) is 58.3. The summed E-state index contributed by atoms with van der Waals surface area (Å²) in [4.78, 5) is 86.2. The molecular formula is C106H163F3N6O16. The monoisotopic (exact) mass is 1830 g/mol. The molecule has 0 aromatic heterocycles. The van der Waals surface area contributed by atoms with Crippen molar-refractivity contribution in [1.82, 2.24) is 0 Å². The minimum atomic E-state index is -4.00. The normalized spacial score (nSPS) is 18.0. The van der Waals surface area contributed by atoms with Gasteiger partial charge in [0.25, 0.3) is 35.4 Å². The average molecular weight is 1830 g/mol. The van der Waals surface area contributed by atoms with E-state index in [1.165, 1.54) is 57.8 Å². The number of aryl methyl sites for hydroxylation is 6. The fourth-order valence-corrected chi connectivity index (χ4v) is 15.3. The van der Waals surface area contributed by atoms with Crippen molar-refractivity contribution < 1.29 is 90.0 Å². The highest BCUT2D eigenvalue weighted by Gasteiger charge is 2.47. The second-order valence-corrected chi connectivity index (χ2v) is 37.5. The Kier molecular flexibility index (Phi) is 43.3. The molecule has 6 amide bonds. The number of amides is 6. The van der Waals surface area contributed by atoms with Crippen LogP contribution < -0.4 is 57.8 Å². The van der Waals surface area contributed by atoms with E-state index in [-0.39, 0.29) is 108 Å². The summed E-state index contributed by atoms with van der Waals surface area (Å²) in [6.07, 6.45) is 16.0. The molecule has 0 bridgehead atoms. The summed E-state index contributed by atoms with van der Waals surface area (Å²) < 4.78 is 77.4. The van der Waals surface area contributed by atoms with Crippen molar-refractivity contribution in [3.05, 3.63) is 143 Å². The summed E-state index contributed by atoms with van der Waals surface area (Å²) in [5.74, 6) is 6.65. The number of aliphatic hydroxyl groups is 2. The fraction of sp³-hybridized carbons (Fsp3) is 0.604. The van der Waals surface area contributed by atoms with Gasteiger partial charge >= 0.3 is 6.18 Å². The lowest BCUT2D eigenvalue weighted by Crippen LogP contribution is -2.53. The maximum Gasteiger partial charge on any atom is 0.386 e. The van der Waals surface area contributed by atoms with E-state index in [0.29, 0.717) is 57.8 Å². The summed E-state index contributed by atoms with van der Waals surface area (Å²) >= 11 is 0. The first-order valence-corrected chi connectivity index (χ1v) is 44.5. The van der Waals surface area contributed by atoms with Gasteiger partial charge in [0.1, 0.15) is 34.5 Å². The molecule has 4 fully saturated rings. The molecule has 22 nitrogen and oxygen atoms in total. The van der Waals surface area contributed by atoms with Crippen LogP contribution in [-0.4, -0.2) is 163 Å². The maximum atomic E-state index is 12.7. The number of ether oxygens (including phenoxy) is 8. The van der Waals surface area contributed by atoms with Crippen LogP contribution in [0.2, 0.25) is 0 Å². The summed E-state index contributed by atoms with van der Waals surface area (Å²) in [6.45, 7) is 39.6. The number of hydrogen-bond donors (Lipinski definition) is 2. The topological polar surface area (TPSA) is 236 Å². The molecular weight excluding hydrogens is 1670 g/mol. The minimum absolute atomic E-state index is 0. The number of rotatable bonds is 25. The van der Waals surface area contributed by atoms with Crippen LogP contribution in [0.5, 0.6) is 34.5 Å². The van der Waals surface area contributed by atoms with Gasteiger partial charge in [-0.15, -0.1) is 0 Å². The molecule has 25 heteroatoms. The van der Waals surface area contributed by atoms with Crippen molar-refractivity contribution in [2.24, 2.45) is 11.8 Å². The molecule has 10 aliphatic rings. The van der Waals surface area contributed by atoms with E-state index in [1.54, 1.807) is 42.4 Å². The third-order valence-corrected chi connectivity index (χ3v) is 22.7. The van der Waals surface area contributed by atoms with E-state index in [4.69, 9.17) is 48.1 Å². The van der Waals surface area contributed by atoms with Crippen molar-refractivity contribution in [3.63, 3.8) is 0 Å². The smallest absolute Gasteiger partial charge is 0.386 e. The predicted octanol–water partition coefficient (Wildman–Crippen LogP) is 23.7. The molecule has 6 aromatic rings. The number of anilines is 6. The summed E-state index contributed by atoms with van der Waals surface area (Å²) in [5, 5.41) is 17.8. The van der Waals surface area contributed by atoms with E-state index in [0.717, 1.165) is 172 Å². The van der Waals surface area contributed by atoms with Crippen molar-refractivity contribution in [2.45, 2.75) is 345 Å². The molecule has 0 unspecified atom stereocenters. The molecule has 4 aliphatic carbocycles. The minimum Gasteiger partial charge on any atom is -0.476 e. The molecule has 4 saturated carbocycles. The summed E-state index contributed by atoms with van der Waals surface area (Å²) in [7, 11) is 0. The molecule has 6 aromatic carbocycles. The largest absolute Gasteiger partial charge is 0.476 e. The van der Waals surface area contributed by atoms with Gasteiger partial charge in [-0.25, -0.2) is 0 Å². The number of halogens is 3. The lowest BCUT2D eigenvalue weighted by molar-refractivity contribution is -0.133. The van der Waals surface area contributed by atoms with Crippen molar-refractivity contribution in [1.29, 1.82) is 0 Å². The third kappa shape index (κ3) is 32.2. The van der Waals surface area contributed by atoms with Crippen molar-refractivity contribution in [3.8, 4) is 34.5 Å². The highest BCUT2D eigenvalue weighted by Crippen LogP contribution is 2.46. The van der Waals surface area contributed by atoms with Gasteiger partial charge in [-0.05, 0) is 313 Å². The van der Waals surface area contributed by atoms with Crippen LogP contribution >= 0.6 is 0 Å². The number of unbranched alkanes of at least 4 members (excludes halogenated alkanes) is 2. The number of benzene rings is 6. The number of fused-ring (bicyclic) bond motifs is 6. The molecule has 16 rings (SSSR count). The standard InChI is InChI=1S/C18H25NO2.C17H23NO3.C17H23NO2.C16H21NO3.C15H21NO3.C14H19NO3.C2H3F3.7CH4/c1-13-7-10-16-15(12-13)19(17(20)18(2,3)21-16)11-5-4-6-14-8-9-14;1-12-5-8-15-14(11-12)18(16(19)17(2,3)21-15)9-4-10-20-13-6-7-13;1-12-6-9-15-14(11-12)18(10-4-5-13-7-8-13)16(19)17(2,3)20-15;1-11-4-7-14-13(10-11)17(8-9-19-12-5-6-12)15(18)16(2,3)20-14;1-11-6-7-13-12(10-11)16(8-4-5-9-17)14(18)15(2,3)19-13;1-10-5-6-12-11(9-10)15(7-4-8-16)13(17)14(2,3)18-12;1-2(3,4)5;;;;;;;/h7,10,12,14H,4-6,8-9,11H2,1-3H3;5,8,11,13H,4,6-7,9-10H2,1-3H3;6,9,11,13H,4-5,7-8,10H2,1-3H3;4,7,10,12H,5-6,8-9H2,1-3H3;6-7,10,17H,4-5,8-9H2,1-3H3;5-6,9,16H,4,7-8H2,1-3H3;1H3;7*1H4. The summed E-state index contributed by atoms with van der Waals surface area (Å²) in [5.41, 5.74) is 7.16. The van der Waals surface area contributed by atoms with Crippen LogP contribution in [-0.2, 0) is 38.2 Å². The Morgan fingerprint density at radius 2 is 0.511 bits per heavy atom. The first-order valence-electron chi connectivity index (χ1n) is 44.5. The van der Waals surface area contributed by atoms with Gasteiger partial charge in [0.05, 0.1) is 52.9 Å². The molecule has 6 heterocycles. The highest BCUT2D eigenvalue weighted by molar-refractivity contribution is 6.06. The number of carbonyl (C=O) groups excluding carboxylic acids is 6. The zero-order chi connectivity index (χ0) is 90.6. The number of hydrogen-bond acceptors (Lipinski definition) is 16. The molecule has 0 saturated heterocycles. The van der Waals surface area contributed by atoms with Gasteiger partial charge < -0.3 is 77.5 Å². The van der Waals surface area contributed by atoms with E-state index in [2.05, 4.69) is 19.1 Å². The van der Waals surface area contributed by atoms with E-state index in [9.17, 15) is 41.9 Å². The van der Waals surface area contributed by atoms with E-state index >= 15 is 0 Å². The SMILES string of the molecule is C.C.C.C.C.C.C.CC(F)(F)F.Cc1ccc2c(c1)N(CCCC1CC1)C(=O)C(C)(C)O2.Cc1ccc2c(c1)N(CCCCC1CC1)C(=O)C(C)(C)O2.Cc1ccc2c(c1)N(CCCCO)C(=O)C(C)(C)O2.Cc1ccc2c(c1)N(CCCO)C(=O)C(C)(C)O2.Cc1ccc2c(c1)N(CCCOC1CC1)C(=O)C(C)(C)O2.Cc1ccc2c(c1)N(CCOC1CC1)C(=O)C(C)(C)O2. The van der Waals surface area contributed by atoms with Crippen molar-refractivity contribution >= 4 is 69.6 Å². The highest BCUT2D eigenvalue weighted by atomic mass is 19.4. The van der Waals surface area contributed by atoms with Gasteiger partial charge in [0.15, 0.2) is 33.6 Å². The Morgan fingerprint density at radius 1 is 0.305 bits per heavy atom. The number of alkyl halides is 3. The molecule has 0 spiro atoms. The zero-order valence-electron chi connectivity index (χ0n) is 76.7. The third-order valence-electron chi connectivity index (χ3n) is 22.7. The van der Waals surface area contributed by atoms with Gasteiger partial charge in [0.2, 0.25) is 0 Å². The van der Waals surface area contributed by atoms with Crippen molar-refractivity contribution in [2.75, 3.05) is 95.1 Å². The lowest BCUT2D eigenvalue weighted by atomic mass is 10.0. The number of carbonyl (C=O) groups is 6.